The monoisotopic (exact) mass is 421 g/mol. The van der Waals surface area contributed by atoms with Crippen LogP contribution in [-0.4, -0.2) is 36.4 Å². The van der Waals surface area contributed by atoms with Crippen molar-refractivity contribution >= 4 is 17.4 Å². The van der Waals surface area contributed by atoms with Crippen LogP contribution >= 0.6 is 0 Å². The first kappa shape index (κ1) is 22.0. The number of carbonyl (C=O) groups is 2. The number of allylic oxidation sites excluding steroid dienone is 1. The van der Waals surface area contributed by atoms with Crippen molar-refractivity contribution in [2.45, 2.75) is 32.2 Å². The fourth-order valence-corrected chi connectivity index (χ4v) is 4.02. The average Bonchev–Trinajstić information content (AvgIpc) is 2.79. The molecule has 7 heteroatoms. The zero-order valence-corrected chi connectivity index (χ0v) is 18.0. The third-order valence-corrected chi connectivity index (χ3v) is 5.93. The van der Waals surface area contributed by atoms with Gasteiger partial charge in [0.2, 0.25) is 0 Å². The van der Waals surface area contributed by atoms with Crippen LogP contribution in [-0.2, 0) is 16.0 Å². The van der Waals surface area contributed by atoms with Crippen LogP contribution in [0.4, 0.5) is 4.39 Å². The van der Waals surface area contributed by atoms with E-state index >= 15 is 0 Å². The lowest BCUT2D eigenvalue weighted by Crippen LogP contribution is -2.65. The van der Waals surface area contributed by atoms with Crippen molar-refractivity contribution < 1.29 is 18.7 Å². The molecule has 0 saturated carbocycles. The standard InChI is InChI=1S/C24H24FN3O3/c1-5-24(13-16-9-11-18(25)12-10-16)23(30)27-21(22(29)28(24)3)15(2)20-17(14-26)7-6-8-19(20)31-4/h6-12H,5,13H2,1-4H3,(H,27,30). The van der Waals surface area contributed by atoms with E-state index in [4.69, 9.17) is 4.74 Å². The van der Waals surface area contributed by atoms with Crippen molar-refractivity contribution in [1.29, 1.82) is 5.26 Å². The summed E-state index contributed by atoms with van der Waals surface area (Å²) in [6.07, 6.45) is 0.630. The lowest BCUT2D eigenvalue weighted by atomic mass is 9.83. The second-order valence-electron chi connectivity index (χ2n) is 7.50. The number of piperazine rings is 1. The minimum atomic E-state index is -1.11. The third-order valence-electron chi connectivity index (χ3n) is 5.93. The lowest BCUT2D eigenvalue weighted by molar-refractivity contribution is -0.148. The number of nitriles is 1. The number of benzene rings is 2. The lowest BCUT2D eigenvalue weighted by Gasteiger charge is -2.44. The summed E-state index contributed by atoms with van der Waals surface area (Å²) in [5.41, 5.74) is 0.998. The van der Waals surface area contributed by atoms with Gasteiger partial charge in [-0.1, -0.05) is 25.1 Å². The Bertz CT molecular complexity index is 1100. The highest BCUT2D eigenvalue weighted by Gasteiger charge is 2.48. The summed E-state index contributed by atoms with van der Waals surface area (Å²) in [7, 11) is 3.07. The molecule has 0 aromatic heterocycles. The zero-order chi connectivity index (χ0) is 22.8. The van der Waals surface area contributed by atoms with Crippen LogP contribution in [0.3, 0.4) is 0 Å². The Morgan fingerprint density at radius 3 is 2.48 bits per heavy atom. The van der Waals surface area contributed by atoms with Gasteiger partial charge in [-0.3, -0.25) is 9.59 Å². The second kappa shape index (κ2) is 8.60. The molecule has 2 aromatic carbocycles. The summed E-state index contributed by atoms with van der Waals surface area (Å²) in [5.74, 6) is -0.620. The Kier molecular flexibility index (Phi) is 6.11. The number of nitrogens with zero attached hydrogens (tertiary/aromatic N) is 2. The molecule has 1 saturated heterocycles. The molecule has 1 atom stereocenters. The largest absolute Gasteiger partial charge is 0.496 e. The first-order valence-electron chi connectivity index (χ1n) is 9.91. The van der Waals surface area contributed by atoms with Crippen molar-refractivity contribution in [2.24, 2.45) is 0 Å². The minimum absolute atomic E-state index is 0.108. The number of likely N-dealkylation sites (N-methyl/N-ethyl adjacent to an activating group) is 1. The molecule has 0 bridgehead atoms. The maximum absolute atomic E-state index is 13.4. The number of rotatable bonds is 5. The van der Waals surface area contributed by atoms with E-state index in [0.29, 0.717) is 28.9 Å². The Morgan fingerprint density at radius 2 is 1.90 bits per heavy atom. The van der Waals surface area contributed by atoms with Crippen molar-refractivity contribution in [3.63, 3.8) is 0 Å². The number of carbonyl (C=O) groups excluding carboxylic acids is 2. The van der Waals surface area contributed by atoms with Gasteiger partial charge in [-0.25, -0.2) is 4.39 Å². The summed E-state index contributed by atoms with van der Waals surface area (Å²) >= 11 is 0. The van der Waals surface area contributed by atoms with Crippen molar-refractivity contribution in [3.05, 3.63) is 70.7 Å². The quantitative estimate of drug-likeness (QED) is 0.750. The molecule has 1 aliphatic heterocycles. The van der Waals surface area contributed by atoms with Gasteiger partial charge in [0, 0.05) is 19.0 Å². The van der Waals surface area contributed by atoms with Gasteiger partial charge in [0.15, 0.2) is 0 Å². The highest BCUT2D eigenvalue weighted by molar-refractivity contribution is 6.11. The molecule has 160 valence electrons. The van der Waals surface area contributed by atoms with Crippen LogP contribution < -0.4 is 10.1 Å². The third kappa shape index (κ3) is 3.77. The minimum Gasteiger partial charge on any atom is -0.496 e. The summed E-state index contributed by atoms with van der Waals surface area (Å²) in [6, 6.07) is 13.0. The van der Waals surface area contributed by atoms with Gasteiger partial charge < -0.3 is 15.0 Å². The molecule has 6 nitrogen and oxygen atoms in total. The predicted molar refractivity (Wildman–Crippen MR) is 114 cm³/mol. The number of halogens is 1. The SMILES string of the molecule is CCC1(Cc2ccc(F)cc2)C(=O)NC(=C(C)c2c(C#N)cccc2OC)C(=O)N1C. The molecule has 2 aromatic rings. The van der Waals surface area contributed by atoms with Crippen LogP contribution in [0.25, 0.3) is 5.57 Å². The Hall–Kier alpha value is -3.66. The zero-order valence-electron chi connectivity index (χ0n) is 18.0. The molecule has 1 N–H and O–H groups in total. The second-order valence-corrected chi connectivity index (χ2v) is 7.50. The molecular weight excluding hydrogens is 397 g/mol. The van der Waals surface area contributed by atoms with Crippen LogP contribution in [0, 0.1) is 17.1 Å². The number of ether oxygens (including phenoxy) is 1. The van der Waals surface area contributed by atoms with Crippen molar-refractivity contribution in [3.8, 4) is 11.8 Å². The van der Waals surface area contributed by atoms with E-state index in [-0.39, 0.29) is 29.7 Å². The van der Waals surface area contributed by atoms with Crippen molar-refractivity contribution in [1.82, 2.24) is 10.2 Å². The van der Waals surface area contributed by atoms with E-state index in [2.05, 4.69) is 11.4 Å². The van der Waals surface area contributed by atoms with Crippen LogP contribution in [0.1, 0.15) is 37.0 Å². The molecule has 1 fully saturated rings. The summed E-state index contributed by atoms with van der Waals surface area (Å²) in [5, 5.41) is 12.3. The number of amides is 2. The summed E-state index contributed by atoms with van der Waals surface area (Å²) in [6.45, 7) is 3.52. The van der Waals surface area contributed by atoms with E-state index in [1.807, 2.05) is 6.92 Å². The van der Waals surface area contributed by atoms with E-state index in [9.17, 15) is 19.2 Å². The van der Waals surface area contributed by atoms with Gasteiger partial charge in [-0.15, -0.1) is 0 Å². The maximum Gasteiger partial charge on any atom is 0.271 e. The number of methoxy groups -OCH3 is 1. The maximum atomic E-state index is 13.4. The van der Waals surface area contributed by atoms with Gasteiger partial charge in [0.1, 0.15) is 22.8 Å². The van der Waals surface area contributed by atoms with Gasteiger partial charge >= 0.3 is 0 Å². The Morgan fingerprint density at radius 1 is 1.23 bits per heavy atom. The number of nitrogens with one attached hydrogen (secondary N) is 1. The highest BCUT2D eigenvalue weighted by atomic mass is 19.1. The Balaban J connectivity index is 2.07. The molecule has 2 amide bonds. The van der Waals surface area contributed by atoms with E-state index in [1.54, 1.807) is 44.3 Å². The molecule has 0 spiro atoms. The highest BCUT2D eigenvalue weighted by Crippen LogP contribution is 2.35. The predicted octanol–water partition coefficient (Wildman–Crippen LogP) is 3.42. The van der Waals surface area contributed by atoms with Gasteiger partial charge in [-0.05, 0) is 48.7 Å². The molecule has 1 heterocycles. The molecule has 0 aliphatic carbocycles. The van der Waals surface area contributed by atoms with Gasteiger partial charge in [0.05, 0.1) is 18.7 Å². The van der Waals surface area contributed by atoms with Crippen LogP contribution in [0.15, 0.2) is 48.2 Å². The molecular formula is C24H24FN3O3. The fraction of sp³-hybridized carbons (Fsp3) is 0.292. The fourth-order valence-electron chi connectivity index (χ4n) is 4.02. The normalized spacial score (nSPS) is 20.2. The first-order chi connectivity index (χ1) is 14.8. The van der Waals surface area contributed by atoms with Crippen LogP contribution in [0.5, 0.6) is 5.75 Å². The van der Waals surface area contributed by atoms with E-state index in [0.717, 1.165) is 5.56 Å². The molecule has 0 radical (unpaired) electrons. The van der Waals surface area contributed by atoms with E-state index < -0.39 is 5.54 Å². The molecule has 3 rings (SSSR count). The van der Waals surface area contributed by atoms with E-state index in [1.165, 1.54) is 24.1 Å². The summed E-state index contributed by atoms with van der Waals surface area (Å²) < 4.78 is 18.7. The number of hydrogen-bond acceptors (Lipinski definition) is 4. The number of hydrogen-bond donors (Lipinski definition) is 1. The topological polar surface area (TPSA) is 82.4 Å². The van der Waals surface area contributed by atoms with Gasteiger partial charge in [-0.2, -0.15) is 5.26 Å². The van der Waals surface area contributed by atoms with Gasteiger partial charge in [0.25, 0.3) is 11.8 Å². The molecule has 1 aliphatic rings. The first-order valence-corrected chi connectivity index (χ1v) is 9.91. The smallest absolute Gasteiger partial charge is 0.271 e. The van der Waals surface area contributed by atoms with Crippen molar-refractivity contribution in [2.75, 3.05) is 14.2 Å². The molecule has 31 heavy (non-hydrogen) atoms. The molecule has 1 unspecified atom stereocenters. The average molecular weight is 421 g/mol. The Labute approximate surface area is 180 Å². The van der Waals surface area contributed by atoms with Crippen LogP contribution in [0.2, 0.25) is 0 Å². The summed E-state index contributed by atoms with van der Waals surface area (Å²) in [4.78, 5) is 28.1.